The summed E-state index contributed by atoms with van der Waals surface area (Å²) < 4.78 is 1.17. The molecule has 1 saturated heterocycles. The van der Waals surface area contributed by atoms with Crippen molar-refractivity contribution in [3.05, 3.63) is 64.1 Å². The van der Waals surface area contributed by atoms with E-state index in [-0.39, 0.29) is 0 Å². The van der Waals surface area contributed by atoms with Crippen LogP contribution >= 0.6 is 15.9 Å². The number of hydrogen-bond donors (Lipinski definition) is 1. The van der Waals surface area contributed by atoms with E-state index >= 15 is 0 Å². The van der Waals surface area contributed by atoms with Crippen LogP contribution in [0.1, 0.15) is 24.0 Å². The average Bonchev–Trinajstić information content (AvgIpc) is 3.04. The molecule has 21 heavy (non-hydrogen) atoms. The Hall–Kier alpha value is -1.32. The molecule has 1 N–H and O–H groups in total. The van der Waals surface area contributed by atoms with Crippen molar-refractivity contribution < 1.29 is 0 Å². The maximum atomic E-state index is 3.60. The lowest BCUT2D eigenvalue weighted by molar-refractivity contribution is 0.689. The molecule has 3 rings (SSSR count). The Morgan fingerprint density at radius 1 is 0.857 bits per heavy atom. The first-order valence-corrected chi connectivity index (χ1v) is 8.41. The van der Waals surface area contributed by atoms with Gasteiger partial charge in [0, 0.05) is 36.3 Å². The first kappa shape index (κ1) is 14.6. The Kier molecular flexibility index (Phi) is 4.94. The fourth-order valence-electron chi connectivity index (χ4n) is 2.90. The van der Waals surface area contributed by atoms with Gasteiger partial charge in [-0.2, -0.15) is 0 Å². The first-order chi connectivity index (χ1) is 10.3. The number of hydrogen-bond acceptors (Lipinski definition) is 2. The monoisotopic (exact) mass is 344 g/mol. The smallest absolute Gasteiger partial charge is 0.0411 e. The van der Waals surface area contributed by atoms with Crippen LogP contribution in [0.4, 0.5) is 5.69 Å². The van der Waals surface area contributed by atoms with E-state index in [9.17, 15) is 0 Å². The number of para-hydroxylation sites is 1. The van der Waals surface area contributed by atoms with Gasteiger partial charge in [-0.25, -0.2) is 0 Å². The van der Waals surface area contributed by atoms with Crippen LogP contribution < -0.4 is 10.2 Å². The number of nitrogens with zero attached hydrogens (tertiary/aromatic N) is 1. The fourth-order valence-corrected chi connectivity index (χ4v) is 3.33. The fraction of sp³-hybridized carbons (Fsp3) is 0.333. The van der Waals surface area contributed by atoms with Gasteiger partial charge >= 0.3 is 0 Å². The van der Waals surface area contributed by atoms with E-state index in [1.165, 1.54) is 47.2 Å². The first-order valence-electron chi connectivity index (χ1n) is 7.61. The van der Waals surface area contributed by atoms with Gasteiger partial charge in [-0.3, -0.25) is 0 Å². The van der Waals surface area contributed by atoms with Crippen LogP contribution in [0.15, 0.2) is 53.0 Å². The normalized spacial score (nSPS) is 14.6. The van der Waals surface area contributed by atoms with E-state index in [1.807, 2.05) is 0 Å². The van der Waals surface area contributed by atoms with Crippen molar-refractivity contribution in [1.29, 1.82) is 0 Å². The van der Waals surface area contributed by atoms with Crippen LogP contribution in [0.2, 0.25) is 0 Å². The highest BCUT2D eigenvalue weighted by Gasteiger charge is 2.14. The lowest BCUT2D eigenvalue weighted by Crippen LogP contribution is -2.21. The van der Waals surface area contributed by atoms with Crippen molar-refractivity contribution in [2.24, 2.45) is 0 Å². The molecule has 0 aliphatic carbocycles. The summed E-state index contributed by atoms with van der Waals surface area (Å²) in [5.41, 5.74) is 4.09. The summed E-state index contributed by atoms with van der Waals surface area (Å²) in [7, 11) is 0. The highest BCUT2D eigenvalue weighted by molar-refractivity contribution is 9.10. The molecule has 2 nitrogen and oxygen atoms in total. The highest BCUT2D eigenvalue weighted by atomic mass is 79.9. The number of rotatable bonds is 5. The molecule has 0 aromatic heterocycles. The summed E-state index contributed by atoms with van der Waals surface area (Å²) in [5.74, 6) is 0. The summed E-state index contributed by atoms with van der Waals surface area (Å²) in [5, 5.41) is 3.57. The van der Waals surface area contributed by atoms with Crippen LogP contribution in [-0.4, -0.2) is 13.1 Å². The third-order valence-electron chi connectivity index (χ3n) is 4.03. The van der Waals surface area contributed by atoms with Crippen LogP contribution in [0, 0.1) is 0 Å². The third kappa shape index (κ3) is 3.66. The third-order valence-corrected chi connectivity index (χ3v) is 4.80. The van der Waals surface area contributed by atoms with Gasteiger partial charge in [-0.1, -0.05) is 52.3 Å². The number of anilines is 1. The van der Waals surface area contributed by atoms with E-state index in [0.717, 1.165) is 13.1 Å². The molecule has 1 heterocycles. The molecule has 0 amide bonds. The molecule has 0 atom stereocenters. The number of nitrogens with one attached hydrogen (secondary N) is 1. The standard InChI is InChI=1S/C18H21BrN2/c19-17-9-3-1-7-15(17)13-20-14-16-8-2-4-10-18(16)21-11-5-6-12-21/h1-4,7-10,20H,5-6,11-14H2. The maximum absolute atomic E-state index is 3.60. The van der Waals surface area contributed by atoms with Crippen LogP contribution in [0.25, 0.3) is 0 Å². The molecule has 1 fully saturated rings. The lowest BCUT2D eigenvalue weighted by atomic mass is 10.1. The molecule has 1 aliphatic heterocycles. The molecular weight excluding hydrogens is 324 g/mol. The quantitative estimate of drug-likeness (QED) is 0.867. The zero-order valence-corrected chi connectivity index (χ0v) is 13.8. The number of benzene rings is 2. The summed E-state index contributed by atoms with van der Waals surface area (Å²) in [6.45, 7) is 4.19. The molecule has 2 aromatic carbocycles. The Labute approximate surface area is 135 Å². The highest BCUT2D eigenvalue weighted by Crippen LogP contribution is 2.24. The van der Waals surface area contributed by atoms with E-state index in [1.54, 1.807) is 0 Å². The molecule has 0 radical (unpaired) electrons. The molecule has 0 spiro atoms. The van der Waals surface area contributed by atoms with Crippen molar-refractivity contribution >= 4 is 21.6 Å². The minimum atomic E-state index is 0.885. The zero-order chi connectivity index (χ0) is 14.5. The van der Waals surface area contributed by atoms with Crippen molar-refractivity contribution in [3.8, 4) is 0 Å². The SMILES string of the molecule is Brc1ccccc1CNCc1ccccc1N1CCCC1. The van der Waals surface area contributed by atoms with Crippen molar-refractivity contribution in [2.45, 2.75) is 25.9 Å². The van der Waals surface area contributed by atoms with Gasteiger partial charge in [-0.15, -0.1) is 0 Å². The zero-order valence-electron chi connectivity index (χ0n) is 12.2. The average molecular weight is 345 g/mol. The Bertz CT molecular complexity index is 591. The summed E-state index contributed by atoms with van der Waals surface area (Å²) in [4.78, 5) is 2.51. The Morgan fingerprint density at radius 3 is 2.24 bits per heavy atom. The van der Waals surface area contributed by atoms with Crippen molar-refractivity contribution in [2.75, 3.05) is 18.0 Å². The van der Waals surface area contributed by atoms with Gasteiger partial charge in [-0.05, 0) is 36.1 Å². The minimum Gasteiger partial charge on any atom is -0.371 e. The van der Waals surface area contributed by atoms with E-state index in [0.29, 0.717) is 0 Å². The van der Waals surface area contributed by atoms with E-state index in [4.69, 9.17) is 0 Å². The minimum absolute atomic E-state index is 0.885. The molecule has 2 aromatic rings. The van der Waals surface area contributed by atoms with Crippen molar-refractivity contribution in [1.82, 2.24) is 5.32 Å². The van der Waals surface area contributed by atoms with E-state index < -0.39 is 0 Å². The van der Waals surface area contributed by atoms with Gasteiger partial charge in [0.25, 0.3) is 0 Å². The second-order valence-electron chi connectivity index (χ2n) is 5.52. The van der Waals surface area contributed by atoms with Gasteiger partial charge in [0.2, 0.25) is 0 Å². The largest absolute Gasteiger partial charge is 0.371 e. The topological polar surface area (TPSA) is 15.3 Å². The van der Waals surface area contributed by atoms with Crippen LogP contribution in [0.3, 0.4) is 0 Å². The summed E-state index contributed by atoms with van der Waals surface area (Å²) in [6, 6.07) is 17.1. The summed E-state index contributed by atoms with van der Waals surface area (Å²) in [6.07, 6.45) is 2.64. The molecule has 0 saturated carbocycles. The van der Waals surface area contributed by atoms with Crippen LogP contribution in [0.5, 0.6) is 0 Å². The molecule has 1 aliphatic rings. The van der Waals surface area contributed by atoms with Gasteiger partial charge in [0.05, 0.1) is 0 Å². The predicted octanol–water partition coefficient (Wildman–Crippen LogP) is 4.34. The molecule has 0 bridgehead atoms. The maximum Gasteiger partial charge on any atom is 0.0411 e. The number of halogens is 1. The molecular formula is C18H21BrN2. The van der Waals surface area contributed by atoms with E-state index in [2.05, 4.69) is 74.7 Å². The van der Waals surface area contributed by atoms with Gasteiger partial charge in [0.1, 0.15) is 0 Å². The van der Waals surface area contributed by atoms with Gasteiger partial charge in [0.15, 0.2) is 0 Å². The Balaban J connectivity index is 1.64. The lowest BCUT2D eigenvalue weighted by Gasteiger charge is -2.21. The second kappa shape index (κ2) is 7.10. The molecule has 3 heteroatoms. The van der Waals surface area contributed by atoms with Crippen molar-refractivity contribution in [3.63, 3.8) is 0 Å². The Morgan fingerprint density at radius 2 is 1.48 bits per heavy atom. The predicted molar refractivity (Wildman–Crippen MR) is 92.6 cm³/mol. The summed E-state index contributed by atoms with van der Waals surface area (Å²) >= 11 is 3.60. The molecule has 0 unspecified atom stereocenters. The molecule has 110 valence electrons. The second-order valence-corrected chi connectivity index (χ2v) is 6.37. The van der Waals surface area contributed by atoms with Gasteiger partial charge < -0.3 is 10.2 Å². The van der Waals surface area contributed by atoms with Crippen LogP contribution in [-0.2, 0) is 13.1 Å².